The molecule has 20 heavy (non-hydrogen) atoms. The lowest BCUT2D eigenvalue weighted by atomic mass is 10.1. The van der Waals surface area contributed by atoms with E-state index in [4.69, 9.17) is 15.5 Å². The van der Waals surface area contributed by atoms with Crippen molar-refractivity contribution >= 4 is 16.6 Å². The first-order chi connectivity index (χ1) is 9.83. The molecule has 104 valence electrons. The number of anilines is 1. The van der Waals surface area contributed by atoms with E-state index in [0.717, 1.165) is 24.6 Å². The average molecular weight is 269 g/mol. The van der Waals surface area contributed by atoms with Crippen LogP contribution >= 0.6 is 0 Å². The minimum atomic E-state index is 0.371. The summed E-state index contributed by atoms with van der Waals surface area (Å²) in [4.78, 5) is 7.17. The third-order valence-electron chi connectivity index (χ3n) is 4.33. The van der Waals surface area contributed by atoms with E-state index in [1.165, 1.54) is 23.6 Å². The fourth-order valence-electron chi connectivity index (χ4n) is 3.37. The standard InChI is InChI=1S/C16H19N3O/c17-8-12-7-11-3-1-2-4-15(11)16(18-12)19-9-13-5-6-14(10-19)20-13/h1-4,7,13-14H,5-6,8-10,17H2. The molecule has 0 amide bonds. The first kappa shape index (κ1) is 12.1. The Labute approximate surface area is 118 Å². The van der Waals surface area contributed by atoms with Crippen LogP contribution in [0.4, 0.5) is 5.82 Å². The number of fused-ring (bicyclic) bond motifs is 3. The van der Waals surface area contributed by atoms with Crippen LogP contribution in [0.1, 0.15) is 18.5 Å². The molecule has 2 atom stereocenters. The van der Waals surface area contributed by atoms with E-state index in [-0.39, 0.29) is 0 Å². The van der Waals surface area contributed by atoms with Gasteiger partial charge in [-0.05, 0) is 24.3 Å². The molecule has 0 spiro atoms. The Morgan fingerprint density at radius 1 is 1.20 bits per heavy atom. The molecule has 4 rings (SSSR count). The van der Waals surface area contributed by atoms with E-state index < -0.39 is 0 Å². The summed E-state index contributed by atoms with van der Waals surface area (Å²) in [6, 6.07) is 10.5. The lowest BCUT2D eigenvalue weighted by molar-refractivity contribution is 0.0303. The maximum Gasteiger partial charge on any atom is 0.136 e. The van der Waals surface area contributed by atoms with E-state index in [9.17, 15) is 0 Å². The van der Waals surface area contributed by atoms with E-state index in [1.54, 1.807) is 0 Å². The van der Waals surface area contributed by atoms with Gasteiger partial charge in [0.2, 0.25) is 0 Å². The van der Waals surface area contributed by atoms with Crippen molar-refractivity contribution in [2.45, 2.75) is 31.6 Å². The largest absolute Gasteiger partial charge is 0.371 e. The van der Waals surface area contributed by atoms with E-state index >= 15 is 0 Å². The maximum atomic E-state index is 5.92. The molecule has 3 heterocycles. The van der Waals surface area contributed by atoms with Gasteiger partial charge in [-0.25, -0.2) is 4.98 Å². The number of nitrogens with zero attached hydrogens (tertiary/aromatic N) is 2. The van der Waals surface area contributed by atoms with E-state index in [2.05, 4.69) is 35.2 Å². The van der Waals surface area contributed by atoms with Crippen LogP contribution in [0.5, 0.6) is 0 Å². The van der Waals surface area contributed by atoms with Crippen LogP contribution in [0.15, 0.2) is 30.3 Å². The van der Waals surface area contributed by atoms with Crippen molar-refractivity contribution in [3.63, 3.8) is 0 Å². The number of benzene rings is 1. The second-order valence-electron chi connectivity index (χ2n) is 5.72. The molecule has 0 aliphatic carbocycles. The van der Waals surface area contributed by atoms with Crippen LogP contribution in [0.25, 0.3) is 10.8 Å². The van der Waals surface area contributed by atoms with E-state index in [0.29, 0.717) is 18.8 Å². The molecule has 2 aliphatic heterocycles. The minimum Gasteiger partial charge on any atom is -0.371 e. The van der Waals surface area contributed by atoms with Crippen LogP contribution in [0.3, 0.4) is 0 Å². The lowest BCUT2D eigenvalue weighted by Crippen LogP contribution is -2.43. The molecule has 2 fully saturated rings. The minimum absolute atomic E-state index is 0.371. The van der Waals surface area contributed by atoms with Gasteiger partial charge in [-0.2, -0.15) is 0 Å². The summed E-state index contributed by atoms with van der Waals surface area (Å²) in [6.07, 6.45) is 3.09. The lowest BCUT2D eigenvalue weighted by Gasteiger charge is -2.33. The van der Waals surface area contributed by atoms with Gasteiger partial charge in [-0.3, -0.25) is 0 Å². The third-order valence-corrected chi connectivity index (χ3v) is 4.33. The number of hydrogen-bond acceptors (Lipinski definition) is 4. The van der Waals surface area contributed by atoms with Gasteiger partial charge in [0.05, 0.1) is 17.9 Å². The molecule has 2 aromatic rings. The van der Waals surface area contributed by atoms with Gasteiger partial charge in [0.1, 0.15) is 5.82 Å². The normalized spacial score (nSPS) is 25.4. The second-order valence-corrected chi connectivity index (χ2v) is 5.72. The quantitative estimate of drug-likeness (QED) is 0.906. The molecule has 4 nitrogen and oxygen atoms in total. The highest BCUT2D eigenvalue weighted by atomic mass is 16.5. The molecule has 2 bridgehead atoms. The van der Waals surface area contributed by atoms with Gasteiger partial charge >= 0.3 is 0 Å². The molecule has 1 aromatic heterocycles. The number of pyridine rings is 1. The number of morpholine rings is 1. The van der Waals surface area contributed by atoms with Crippen molar-refractivity contribution < 1.29 is 4.74 Å². The summed E-state index contributed by atoms with van der Waals surface area (Å²) in [7, 11) is 0. The summed E-state index contributed by atoms with van der Waals surface area (Å²) in [6.45, 7) is 2.37. The number of ether oxygens (including phenoxy) is 1. The van der Waals surface area contributed by atoms with Gasteiger partial charge < -0.3 is 15.4 Å². The summed E-state index contributed by atoms with van der Waals surface area (Å²) in [5.74, 6) is 1.07. The molecular formula is C16H19N3O. The Morgan fingerprint density at radius 3 is 2.70 bits per heavy atom. The highest BCUT2D eigenvalue weighted by Crippen LogP contribution is 2.32. The highest BCUT2D eigenvalue weighted by molar-refractivity contribution is 5.92. The fourth-order valence-corrected chi connectivity index (χ4v) is 3.37. The predicted molar refractivity (Wildman–Crippen MR) is 79.7 cm³/mol. The third kappa shape index (κ3) is 1.96. The Morgan fingerprint density at radius 2 is 1.95 bits per heavy atom. The zero-order valence-corrected chi connectivity index (χ0v) is 11.5. The fraction of sp³-hybridized carbons (Fsp3) is 0.438. The average Bonchev–Trinajstić information content (AvgIpc) is 2.84. The summed E-state index contributed by atoms with van der Waals surface area (Å²) in [5.41, 5.74) is 6.76. The number of hydrogen-bond donors (Lipinski definition) is 1. The zero-order valence-electron chi connectivity index (χ0n) is 11.5. The molecule has 0 radical (unpaired) electrons. The monoisotopic (exact) mass is 269 g/mol. The van der Waals surface area contributed by atoms with Crippen molar-refractivity contribution in [2.75, 3.05) is 18.0 Å². The maximum absolute atomic E-state index is 5.92. The van der Waals surface area contributed by atoms with Crippen LogP contribution < -0.4 is 10.6 Å². The number of nitrogens with two attached hydrogens (primary N) is 1. The van der Waals surface area contributed by atoms with Crippen molar-refractivity contribution in [3.05, 3.63) is 36.0 Å². The predicted octanol–water partition coefficient (Wildman–Crippen LogP) is 2.06. The first-order valence-corrected chi connectivity index (χ1v) is 7.32. The first-order valence-electron chi connectivity index (χ1n) is 7.32. The number of aromatic nitrogens is 1. The highest BCUT2D eigenvalue weighted by Gasteiger charge is 2.34. The molecular weight excluding hydrogens is 250 g/mol. The van der Waals surface area contributed by atoms with Gasteiger partial charge in [-0.1, -0.05) is 24.3 Å². The van der Waals surface area contributed by atoms with Crippen LogP contribution in [0.2, 0.25) is 0 Å². The van der Waals surface area contributed by atoms with Gasteiger partial charge in [-0.15, -0.1) is 0 Å². The van der Waals surface area contributed by atoms with Gasteiger partial charge in [0.25, 0.3) is 0 Å². The van der Waals surface area contributed by atoms with Gasteiger partial charge in [0.15, 0.2) is 0 Å². The Kier molecular flexibility index (Phi) is 2.86. The molecule has 1 aromatic carbocycles. The van der Waals surface area contributed by atoms with Crippen molar-refractivity contribution in [3.8, 4) is 0 Å². The zero-order chi connectivity index (χ0) is 13.5. The Bertz CT molecular complexity index is 631. The second kappa shape index (κ2) is 4.72. The molecule has 2 saturated heterocycles. The van der Waals surface area contributed by atoms with Crippen molar-refractivity contribution in [1.82, 2.24) is 4.98 Å². The van der Waals surface area contributed by atoms with Crippen LogP contribution in [0, 0.1) is 0 Å². The summed E-state index contributed by atoms with van der Waals surface area (Å²) in [5, 5.41) is 2.43. The number of rotatable bonds is 2. The van der Waals surface area contributed by atoms with Crippen molar-refractivity contribution in [1.29, 1.82) is 0 Å². The SMILES string of the molecule is NCc1cc2ccccc2c(N2CC3CCC(C2)O3)n1. The molecule has 2 aliphatic rings. The Balaban J connectivity index is 1.81. The smallest absolute Gasteiger partial charge is 0.136 e. The molecule has 2 N–H and O–H groups in total. The molecule has 4 heteroatoms. The van der Waals surface area contributed by atoms with Crippen LogP contribution in [-0.4, -0.2) is 30.3 Å². The summed E-state index contributed by atoms with van der Waals surface area (Å²) >= 11 is 0. The van der Waals surface area contributed by atoms with Crippen LogP contribution in [-0.2, 0) is 11.3 Å². The van der Waals surface area contributed by atoms with Crippen molar-refractivity contribution in [2.24, 2.45) is 5.73 Å². The molecule has 0 saturated carbocycles. The van der Waals surface area contributed by atoms with E-state index in [1.807, 2.05) is 0 Å². The molecule has 2 unspecified atom stereocenters. The Hall–Kier alpha value is -1.65. The van der Waals surface area contributed by atoms with Gasteiger partial charge in [0, 0.05) is 25.0 Å². The summed E-state index contributed by atoms with van der Waals surface area (Å²) < 4.78 is 5.92. The topological polar surface area (TPSA) is 51.4 Å².